The van der Waals surface area contributed by atoms with Gasteiger partial charge in [-0.25, -0.2) is 14.0 Å². The van der Waals surface area contributed by atoms with Crippen LogP contribution in [0.3, 0.4) is 0 Å². The number of methoxy groups -OCH3 is 1. The molecule has 1 aliphatic rings. The van der Waals surface area contributed by atoms with Crippen molar-refractivity contribution in [2.45, 2.75) is 25.4 Å². The van der Waals surface area contributed by atoms with Crippen LogP contribution in [0.25, 0.3) is 0 Å². The van der Waals surface area contributed by atoms with Crippen LogP contribution in [-0.4, -0.2) is 47.7 Å². The lowest BCUT2D eigenvalue weighted by atomic mass is 9.93. The average Bonchev–Trinajstić information content (AvgIpc) is 3.17. The zero-order chi connectivity index (χ0) is 22.5. The maximum atomic E-state index is 13.2. The summed E-state index contributed by atoms with van der Waals surface area (Å²) in [4.78, 5) is 38.9. The van der Waals surface area contributed by atoms with Gasteiger partial charge in [-0.15, -0.1) is 0 Å². The average molecular weight is 430 g/mol. The van der Waals surface area contributed by atoms with Crippen LogP contribution in [0.2, 0.25) is 0 Å². The predicted octanol–water partition coefficient (Wildman–Crippen LogP) is 3.45. The van der Waals surface area contributed by atoms with Crippen molar-refractivity contribution in [2.75, 3.05) is 19.0 Å². The Morgan fingerprint density at radius 1 is 1.13 bits per heavy atom. The van der Waals surface area contributed by atoms with E-state index in [1.165, 1.54) is 31.4 Å². The van der Waals surface area contributed by atoms with Crippen LogP contribution < -0.4 is 10.1 Å². The molecule has 3 atom stereocenters. The monoisotopic (exact) mass is 430 g/mol. The zero-order valence-corrected chi connectivity index (χ0v) is 17.1. The molecule has 2 aromatic rings. The van der Waals surface area contributed by atoms with Crippen LogP contribution >= 0.6 is 0 Å². The van der Waals surface area contributed by atoms with E-state index >= 15 is 0 Å². The summed E-state index contributed by atoms with van der Waals surface area (Å²) in [6.45, 7) is 1.78. The van der Waals surface area contributed by atoms with Gasteiger partial charge >= 0.3 is 18.0 Å². The quantitative estimate of drug-likeness (QED) is 0.680. The number of halogens is 1. The SMILES string of the molecule is CCOC(=O)C1CC(C(=O)O)N(C(=O)Nc2ccc(F)cc2)C1c1ccc(OC)cc1. The summed E-state index contributed by atoms with van der Waals surface area (Å²) in [6, 6.07) is 8.95. The molecule has 164 valence electrons. The number of nitrogens with zero attached hydrogens (tertiary/aromatic N) is 1. The molecule has 3 rings (SSSR count). The summed E-state index contributed by atoms with van der Waals surface area (Å²) >= 11 is 0. The van der Waals surface area contributed by atoms with Gasteiger partial charge in [-0.1, -0.05) is 12.1 Å². The highest BCUT2D eigenvalue weighted by Crippen LogP contribution is 2.42. The van der Waals surface area contributed by atoms with Crippen LogP contribution in [0.4, 0.5) is 14.9 Å². The van der Waals surface area contributed by atoms with Crippen LogP contribution in [0, 0.1) is 11.7 Å². The van der Waals surface area contributed by atoms with E-state index in [1.807, 2.05) is 0 Å². The maximum Gasteiger partial charge on any atom is 0.326 e. The number of rotatable bonds is 6. The fourth-order valence-electron chi connectivity index (χ4n) is 3.75. The van der Waals surface area contributed by atoms with Gasteiger partial charge in [0, 0.05) is 5.69 Å². The van der Waals surface area contributed by atoms with Crippen molar-refractivity contribution < 1.29 is 33.4 Å². The van der Waals surface area contributed by atoms with Crippen molar-refractivity contribution >= 4 is 23.7 Å². The Kier molecular flexibility index (Phi) is 6.74. The second-order valence-electron chi connectivity index (χ2n) is 7.01. The molecule has 2 N–H and O–H groups in total. The number of benzene rings is 2. The number of ether oxygens (including phenoxy) is 2. The lowest BCUT2D eigenvalue weighted by molar-refractivity contribution is -0.148. The number of aliphatic carboxylic acids is 1. The third-order valence-electron chi connectivity index (χ3n) is 5.16. The van der Waals surface area contributed by atoms with Gasteiger partial charge in [-0.3, -0.25) is 4.79 Å². The molecule has 1 fully saturated rings. The highest BCUT2D eigenvalue weighted by atomic mass is 19.1. The molecule has 0 bridgehead atoms. The topological polar surface area (TPSA) is 105 Å². The Morgan fingerprint density at radius 2 is 1.77 bits per heavy atom. The van der Waals surface area contributed by atoms with E-state index in [9.17, 15) is 23.9 Å². The van der Waals surface area contributed by atoms with Gasteiger partial charge in [0.25, 0.3) is 0 Å². The van der Waals surface area contributed by atoms with Gasteiger partial charge in [-0.2, -0.15) is 0 Å². The normalized spacial score (nSPS) is 20.2. The molecule has 1 heterocycles. The van der Waals surface area contributed by atoms with Gasteiger partial charge in [0.1, 0.15) is 17.6 Å². The number of esters is 1. The van der Waals surface area contributed by atoms with E-state index in [1.54, 1.807) is 31.2 Å². The molecule has 0 radical (unpaired) electrons. The summed E-state index contributed by atoms with van der Waals surface area (Å²) in [5, 5.41) is 12.4. The van der Waals surface area contributed by atoms with Crippen molar-refractivity contribution in [1.82, 2.24) is 4.90 Å². The van der Waals surface area contributed by atoms with Gasteiger partial charge in [0.2, 0.25) is 0 Å². The van der Waals surface area contributed by atoms with Crippen molar-refractivity contribution in [3.63, 3.8) is 0 Å². The first kappa shape index (κ1) is 22.1. The minimum atomic E-state index is -1.25. The molecule has 0 spiro atoms. The minimum absolute atomic E-state index is 0.0955. The maximum absolute atomic E-state index is 13.2. The predicted molar refractivity (Wildman–Crippen MR) is 109 cm³/mol. The number of hydrogen-bond donors (Lipinski definition) is 2. The molecular weight excluding hydrogens is 407 g/mol. The second-order valence-corrected chi connectivity index (χ2v) is 7.01. The Bertz CT molecular complexity index is 947. The first-order valence-electron chi connectivity index (χ1n) is 9.74. The van der Waals surface area contributed by atoms with E-state index in [-0.39, 0.29) is 13.0 Å². The van der Waals surface area contributed by atoms with Crippen molar-refractivity contribution in [2.24, 2.45) is 5.92 Å². The molecule has 2 amide bonds. The molecule has 31 heavy (non-hydrogen) atoms. The molecule has 3 unspecified atom stereocenters. The number of nitrogens with one attached hydrogen (secondary N) is 1. The smallest absolute Gasteiger partial charge is 0.326 e. The molecule has 0 saturated carbocycles. The summed E-state index contributed by atoms with van der Waals surface area (Å²) in [6.07, 6.45) is -0.0955. The Hall–Kier alpha value is -3.62. The van der Waals surface area contributed by atoms with Crippen LogP contribution in [0.5, 0.6) is 5.75 Å². The van der Waals surface area contributed by atoms with Gasteiger partial charge < -0.3 is 24.8 Å². The number of amides is 2. The lowest BCUT2D eigenvalue weighted by Crippen LogP contribution is -2.44. The first-order chi connectivity index (χ1) is 14.8. The number of carboxylic acid groups (broad SMARTS) is 1. The zero-order valence-electron chi connectivity index (χ0n) is 17.1. The third-order valence-corrected chi connectivity index (χ3v) is 5.16. The second kappa shape index (κ2) is 9.46. The summed E-state index contributed by atoms with van der Waals surface area (Å²) in [7, 11) is 1.51. The largest absolute Gasteiger partial charge is 0.497 e. The van der Waals surface area contributed by atoms with E-state index in [2.05, 4.69) is 5.32 Å². The van der Waals surface area contributed by atoms with Gasteiger partial charge in [-0.05, 0) is 55.3 Å². The Labute approximate surface area is 178 Å². The summed E-state index contributed by atoms with van der Waals surface area (Å²) in [5.74, 6) is -2.58. The minimum Gasteiger partial charge on any atom is -0.497 e. The summed E-state index contributed by atoms with van der Waals surface area (Å²) in [5.41, 5.74) is 0.862. The molecule has 8 nitrogen and oxygen atoms in total. The third kappa shape index (κ3) is 4.76. The van der Waals surface area contributed by atoms with E-state index in [4.69, 9.17) is 9.47 Å². The number of carbonyl (C=O) groups is 3. The highest BCUT2D eigenvalue weighted by molar-refractivity contribution is 5.94. The fraction of sp³-hybridized carbons (Fsp3) is 0.318. The molecule has 1 aliphatic heterocycles. The van der Waals surface area contributed by atoms with E-state index < -0.39 is 41.8 Å². The molecule has 1 saturated heterocycles. The Morgan fingerprint density at radius 3 is 2.32 bits per heavy atom. The highest BCUT2D eigenvalue weighted by Gasteiger charge is 2.51. The molecule has 0 aliphatic carbocycles. The van der Waals surface area contributed by atoms with E-state index in [0.29, 0.717) is 17.0 Å². The first-order valence-corrected chi connectivity index (χ1v) is 9.74. The standard InChI is InChI=1S/C22H23FN2O6/c1-3-31-21(28)17-12-18(20(26)27)25(19(17)13-4-10-16(30-2)11-5-13)22(29)24-15-8-6-14(23)7-9-15/h4-11,17-19H,3,12H2,1-2H3,(H,24,29)(H,26,27). The van der Waals surface area contributed by atoms with Crippen LogP contribution in [0.15, 0.2) is 48.5 Å². The fourth-order valence-corrected chi connectivity index (χ4v) is 3.75. The van der Waals surface area contributed by atoms with Crippen molar-refractivity contribution in [3.05, 3.63) is 59.9 Å². The van der Waals surface area contributed by atoms with Crippen molar-refractivity contribution in [1.29, 1.82) is 0 Å². The van der Waals surface area contributed by atoms with Crippen LogP contribution in [-0.2, 0) is 14.3 Å². The Balaban J connectivity index is 2.00. The molecule has 9 heteroatoms. The summed E-state index contributed by atoms with van der Waals surface area (Å²) < 4.78 is 23.5. The molecule has 2 aromatic carbocycles. The van der Waals surface area contributed by atoms with Gasteiger partial charge in [0.15, 0.2) is 0 Å². The number of hydrogen-bond acceptors (Lipinski definition) is 5. The lowest BCUT2D eigenvalue weighted by Gasteiger charge is -2.30. The molecular formula is C22H23FN2O6. The number of likely N-dealkylation sites (tertiary alicyclic amines) is 1. The van der Waals surface area contributed by atoms with Crippen molar-refractivity contribution in [3.8, 4) is 5.75 Å². The number of carbonyl (C=O) groups excluding carboxylic acids is 2. The van der Waals surface area contributed by atoms with E-state index in [0.717, 1.165) is 4.90 Å². The molecule has 0 aromatic heterocycles. The number of urea groups is 1. The van der Waals surface area contributed by atoms with Crippen LogP contribution in [0.1, 0.15) is 24.9 Å². The number of anilines is 1. The number of carboxylic acids is 1. The van der Waals surface area contributed by atoms with Gasteiger partial charge in [0.05, 0.1) is 25.7 Å².